The van der Waals surface area contributed by atoms with Crippen molar-refractivity contribution in [2.24, 2.45) is 16.8 Å². The number of nitrogens with one attached hydrogen (secondary N) is 2. The maximum Gasteiger partial charge on any atom is 0.267 e. The van der Waals surface area contributed by atoms with Gasteiger partial charge in [0.2, 0.25) is 0 Å². The molecular weight excluding hydrogens is 414 g/mol. The van der Waals surface area contributed by atoms with E-state index in [2.05, 4.69) is 38.4 Å². The first-order chi connectivity index (χ1) is 15.0. The van der Waals surface area contributed by atoms with Gasteiger partial charge in [-0.3, -0.25) is 4.79 Å². The van der Waals surface area contributed by atoms with Gasteiger partial charge in [-0.1, -0.05) is 23.9 Å². The van der Waals surface area contributed by atoms with Crippen molar-refractivity contribution < 1.29 is 0 Å². The Kier molecular flexibility index (Phi) is 7.15. The zero-order chi connectivity index (χ0) is 22.4. The van der Waals surface area contributed by atoms with E-state index < -0.39 is 5.56 Å². The molecule has 1 fully saturated rings. The molecule has 1 aliphatic heterocycles. The molecule has 2 aromatic rings. The molecule has 0 amide bonds. The normalized spacial score (nSPS) is 14.7. The largest absolute Gasteiger partial charge is 0.369 e. The second-order valence-electron chi connectivity index (χ2n) is 6.98. The molecule has 0 unspecified atom stereocenters. The summed E-state index contributed by atoms with van der Waals surface area (Å²) in [6.07, 6.45) is 0. The van der Waals surface area contributed by atoms with Crippen molar-refractivity contribution in [2.75, 3.05) is 43.9 Å². The Balaban J connectivity index is 2.00. The molecule has 0 atom stereocenters. The van der Waals surface area contributed by atoms with Gasteiger partial charge in [0.05, 0.1) is 16.3 Å². The minimum atomic E-state index is -0.561. The lowest BCUT2D eigenvalue weighted by Crippen LogP contribution is -2.44. The summed E-state index contributed by atoms with van der Waals surface area (Å²) in [5.41, 5.74) is 3.90. The minimum Gasteiger partial charge on any atom is -0.369 e. The number of hydrogen-bond donors (Lipinski definition) is 4. The van der Waals surface area contributed by atoms with Crippen LogP contribution in [-0.4, -0.2) is 54.7 Å². The molecule has 1 aliphatic rings. The summed E-state index contributed by atoms with van der Waals surface area (Å²) < 4.78 is 0. The number of hydrazone groups is 1. The Morgan fingerprint density at radius 3 is 2.39 bits per heavy atom. The number of anilines is 1. The number of hydrogen-bond acceptors (Lipinski definition) is 9. The van der Waals surface area contributed by atoms with Crippen LogP contribution in [0.3, 0.4) is 0 Å². The van der Waals surface area contributed by atoms with E-state index in [9.17, 15) is 15.3 Å². The third kappa shape index (κ3) is 4.81. The number of pyridine rings is 1. The van der Waals surface area contributed by atoms with Gasteiger partial charge in [0.25, 0.3) is 5.56 Å². The lowest BCUT2D eigenvalue weighted by molar-refractivity contribution is 0.313. The van der Waals surface area contributed by atoms with Crippen LogP contribution in [0.1, 0.15) is 11.1 Å². The number of H-pyrrole nitrogens is 1. The molecular formula is C20H23N9OS. The van der Waals surface area contributed by atoms with Gasteiger partial charge in [0.1, 0.15) is 23.5 Å². The van der Waals surface area contributed by atoms with Crippen LogP contribution in [0.15, 0.2) is 39.2 Å². The van der Waals surface area contributed by atoms with Crippen LogP contribution in [0.2, 0.25) is 0 Å². The number of amidine groups is 1. The highest BCUT2D eigenvalue weighted by Crippen LogP contribution is 2.32. The Morgan fingerprint density at radius 1 is 1.19 bits per heavy atom. The van der Waals surface area contributed by atoms with E-state index >= 15 is 0 Å². The maximum atomic E-state index is 12.6. The van der Waals surface area contributed by atoms with E-state index in [1.54, 1.807) is 0 Å². The zero-order valence-corrected chi connectivity index (χ0v) is 17.9. The lowest BCUT2D eigenvalue weighted by atomic mass is 9.97. The third-order valence-electron chi connectivity index (χ3n) is 5.10. The fourth-order valence-corrected chi connectivity index (χ4v) is 4.25. The fourth-order valence-electron chi connectivity index (χ4n) is 3.35. The van der Waals surface area contributed by atoms with E-state index in [1.165, 1.54) is 0 Å². The number of aromatic nitrogens is 1. The van der Waals surface area contributed by atoms with Crippen molar-refractivity contribution in [3.8, 4) is 23.3 Å². The van der Waals surface area contributed by atoms with E-state index in [4.69, 9.17) is 11.7 Å². The van der Waals surface area contributed by atoms with Crippen LogP contribution in [0, 0.1) is 22.7 Å². The van der Waals surface area contributed by atoms with E-state index in [0.717, 1.165) is 43.6 Å². The van der Waals surface area contributed by atoms with E-state index in [1.807, 2.05) is 30.3 Å². The van der Waals surface area contributed by atoms with Gasteiger partial charge in [-0.25, -0.2) is 5.84 Å². The first kappa shape index (κ1) is 22.2. The summed E-state index contributed by atoms with van der Waals surface area (Å²) in [5, 5.41) is 23.2. The fraction of sp³-hybridized carbons (Fsp3) is 0.300. The number of aromatic amines is 1. The van der Waals surface area contributed by atoms with Gasteiger partial charge in [-0.05, 0) is 24.7 Å². The molecule has 1 aromatic carbocycles. The molecule has 6 N–H and O–H groups in total. The first-order valence-electron chi connectivity index (χ1n) is 9.53. The summed E-state index contributed by atoms with van der Waals surface area (Å²) in [7, 11) is 2.10. The van der Waals surface area contributed by atoms with Gasteiger partial charge in [0, 0.05) is 37.4 Å². The predicted octanol–water partition coefficient (Wildman–Crippen LogP) is 0.365. The summed E-state index contributed by atoms with van der Waals surface area (Å²) in [6, 6.07) is 11.7. The molecule has 2 heterocycles. The van der Waals surface area contributed by atoms with Gasteiger partial charge in [-0.15, -0.1) is 0 Å². The zero-order valence-electron chi connectivity index (χ0n) is 17.1. The number of nitrogens with zero attached hydrogens (tertiary/aromatic N) is 5. The highest BCUT2D eigenvalue weighted by Gasteiger charge is 2.21. The summed E-state index contributed by atoms with van der Waals surface area (Å²) >= 11 is 1.14. The van der Waals surface area contributed by atoms with Crippen molar-refractivity contribution in [3.63, 3.8) is 0 Å². The molecule has 11 heteroatoms. The second-order valence-corrected chi connectivity index (χ2v) is 7.96. The first-order valence-corrected chi connectivity index (χ1v) is 10.5. The number of rotatable bonds is 5. The quantitative estimate of drug-likeness (QED) is 0.170. The molecule has 160 valence electrons. The monoisotopic (exact) mass is 437 g/mol. The number of hydrazine groups is 1. The topological polar surface area (TPSA) is 163 Å². The molecule has 1 saturated heterocycles. The van der Waals surface area contributed by atoms with E-state index in [0.29, 0.717) is 16.2 Å². The van der Waals surface area contributed by atoms with Crippen molar-refractivity contribution in [2.45, 2.75) is 5.03 Å². The molecule has 0 spiro atoms. The van der Waals surface area contributed by atoms with Crippen LogP contribution in [0.4, 0.5) is 5.69 Å². The van der Waals surface area contributed by atoms with Crippen LogP contribution >= 0.6 is 11.8 Å². The van der Waals surface area contributed by atoms with Crippen molar-refractivity contribution in [1.82, 2.24) is 15.3 Å². The Morgan fingerprint density at radius 2 is 1.84 bits per heavy atom. The molecule has 0 bridgehead atoms. The molecule has 0 saturated carbocycles. The smallest absolute Gasteiger partial charge is 0.267 e. The standard InChI is InChI=1S/C20H23N9OS/c1-28-6-8-29(9-7-28)14-4-2-13(3-5-14)18-15(10-21)19(30)25-20(16(18)11-22)31-12-17(26-23)27-24/h2-5H,6-9,12,23-24H2,1H3,(H,25,30)(H,26,27). The summed E-state index contributed by atoms with van der Waals surface area (Å²) in [5.74, 6) is 11.1. The number of nitriles is 2. The molecule has 3 rings (SSSR count). The summed E-state index contributed by atoms with van der Waals surface area (Å²) in [4.78, 5) is 19.7. The highest BCUT2D eigenvalue weighted by molar-refractivity contribution is 8.00. The SMILES string of the molecule is CN1CCN(c2ccc(-c3c(C#N)c(SC/C(=N/N)NN)[nH]c(=O)c3C#N)cc2)CC1. The number of likely N-dealkylation sites (N-methyl/N-ethyl adjacent to an activating group) is 1. The molecule has 10 nitrogen and oxygen atoms in total. The number of nitrogens with two attached hydrogens (primary N) is 2. The summed E-state index contributed by atoms with van der Waals surface area (Å²) in [6.45, 7) is 3.82. The van der Waals surface area contributed by atoms with Crippen molar-refractivity contribution >= 4 is 23.3 Å². The van der Waals surface area contributed by atoms with Gasteiger partial charge in [0.15, 0.2) is 0 Å². The van der Waals surface area contributed by atoms with Crippen molar-refractivity contribution in [3.05, 3.63) is 45.7 Å². The lowest BCUT2D eigenvalue weighted by Gasteiger charge is -2.34. The molecule has 1 aromatic heterocycles. The van der Waals surface area contributed by atoms with Gasteiger partial charge in [-0.2, -0.15) is 15.6 Å². The van der Waals surface area contributed by atoms with E-state index in [-0.39, 0.29) is 22.7 Å². The average Bonchev–Trinajstić information content (AvgIpc) is 2.80. The van der Waals surface area contributed by atoms with Crippen LogP contribution in [-0.2, 0) is 0 Å². The van der Waals surface area contributed by atoms with Crippen LogP contribution < -0.4 is 27.6 Å². The van der Waals surface area contributed by atoms with Crippen LogP contribution in [0.25, 0.3) is 11.1 Å². The Labute approximate surface area is 184 Å². The molecule has 0 aliphatic carbocycles. The predicted molar refractivity (Wildman–Crippen MR) is 121 cm³/mol. The highest BCUT2D eigenvalue weighted by atomic mass is 32.2. The average molecular weight is 438 g/mol. The number of benzene rings is 1. The van der Waals surface area contributed by atoms with Gasteiger partial charge < -0.3 is 26.1 Å². The third-order valence-corrected chi connectivity index (χ3v) is 6.12. The van der Waals surface area contributed by atoms with Crippen LogP contribution in [0.5, 0.6) is 0 Å². The number of piperazine rings is 1. The maximum absolute atomic E-state index is 12.6. The molecule has 0 radical (unpaired) electrons. The van der Waals surface area contributed by atoms with Gasteiger partial charge >= 0.3 is 0 Å². The second kappa shape index (κ2) is 10.00. The van der Waals surface area contributed by atoms with Crippen molar-refractivity contribution in [1.29, 1.82) is 10.5 Å². The Hall–Kier alpha value is -3.51. The Bertz CT molecular complexity index is 1100. The molecule has 31 heavy (non-hydrogen) atoms. The number of thioether (sulfide) groups is 1. The minimum absolute atomic E-state index is 0.0992.